The quantitative estimate of drug-likeness (QED) is 0.906. The Bertz CT molecular complexity index is 623. The van der Waals surface area contributed by atoms with Crippen LogP contribution >= 0.6 is 0 Å². The van der Waals surface area contributed by atoms with E-state index in [2.05, 4.69) is 16.3 Å². The molecule has 1 saturated carbocycles. The van der Waals surface area contributed by atoms with Crippen LogP contribution in [0, 0.1) is 17.1 Å². The van der Waals surface area contributed by atoms with Crippen LogP contribution in [-0.2, 0) is 4.74 Å². The van der Waals surface area contributed by atoms with Gasteiger partial charge in [0.15, 0.2) is 0 Å². The molecule has 0 bridgehead atoms. The highest BCUT2D eigenvalue weighted by molar-refractivity contribution is 5.49. The fourth-order valence-electron chi connectivity index (χ4n) is 3.70. The molecule has 4 nitrogen and oxygen atoms in total. The summed E-state index contributed by atoms with van der Waals surface area (Å²) >= 11 is 0. The summed E-state index contributed by atoms with van der Waals surface area (Å²) in [5.74, 6) is -0.0614. The van der Waals surface area contributed by atoms with E-state index in [-0.39, 0.29) is 11.7 Å². The Labute approximate surface area is 129 Å². The molecule has 0 spiro atoms. The minimum atomic E-state index is -0.399. The predicted molar refractivity (Wildman–Crippen MR) is 80.0 cm³/mol. The molecule has 3 aliphatic rings. The van der Waals surface area contributed by atoms with E-state index in [1.165, 1.54) is 6.07 Å². The lowest BCUT2D eigenvalue weighted by atomic mass is 9.92. The van der Waals surface area contributed by atoms with Crippen molar-refractivity contribution < 1.29 is 9.13 Å². The van der Waals surface area contributed by atoms with Crippen LogP contribution in [0.25, 0.3) is 0 Å². The molecule has 1 aromatic rings. The summed E-state index contributed by atoms with van der Waals surface area (Å²) in [5.41, 5.74) is 2.16. The van der Waals surface area contributed by atoms with Crippen molar-refractivity contribution >= 4 is 0 Å². The standard InChI is InChI=1S/C17H20FN3O/c18-15-4-3-13(17(11-1-2-11)14(15)7-19)16-9-21-6-5-20-8-12(21)10-22-16/h3-4,11-12,16,20H,1-2,5-6,8-10H2/t12-,16+/m0/s1. The monoisotopic (exact) mass is 301 g/mol. The zero-order valence-corrected chi connectivity index (χ0v) is 12.5. The molecule has 2 atom stereocenters. The van der Waals surface area contributed by atoms with Gasteiger partial charge in [-0.2, -0.15) is 5.26 Å². The molecule has 5 heteroatoms. The van der Waals surface area contributed by atoms with Crippen LogP contribution in [0.2, 0.25) is 0 Å². The van der Waals surface area contributed by atoms with Crippen molar-refractivity contribution in [2.75, 3.05) is 32.8 Å². The van der Waals surface area contributed by atoms with Crippen molar-refractivity contribution in [2.45, 2.75) is 30.9 Å². The van der Waals surface area contributed by atoms with E-state index in [1.54, 1.807) is 0 Å². The third kappa shape index (κ3) is 2.41. The normalized spacial score (nSPS) is 28.9. The lowest BCUT2D eigenvalue weighted by Crippen LogP contribution is -2.57. The van der Waals surface area contributed by atoms with Crippen molar-refractivity contribution in [3.8, 4) is 6.07 Å². The second-order valence-corrected chi connectivity index (χ2v) is 6.49. The summed E-state index contributed by atoms with van der Waals surface area (Å²) in [5, 5.41) is 12.7. The number of halogens is 1. The number of ether oxygens (including phenoxy) is 1. The molecule has 2 aliphatic heterocycles. The molecule has 22 heavy (non-hydrogen) atoms. The molecule has 4 rings (SSSR count). The minimum Gasteiger partial charge on any atom is -0.370 e. The average molecular weight is 301 g/mol. The first-order chi connectivity index (χ1) is 10.8. The highest BCUT2D eigenvalue weighted by Crippen LogP contribution is 2.46. The average Bonchev–Trinajstić information content (AvgIpc) is 3.39. The van der Waals surface area contributed by atoms with E-state index >= 15 is 0 Å². The third-order valence-electron chi connectivity index (χ3n) is 5.03. The van der Waals surface area contributed by atoms with Crippen LogP contribution in [0.3, 0.4) is 0 Å². The lowest BCUT2D eigenvalue weighted by molar-refractivity contribution is -0.0721. The van der Waals surface area contributed by atoms with Crippen molar-refractivity contribution in [2.24, 2.45) is 0 Å². The molecule has 2 saturated heterocycles. The van der Waals surface area contributed by atoms with Crippen LogP contribution in [0.4, 0.5) is 4.39 Å². The molecule has 116 valence electrons. The van der Waals surface area contributed by atoms with Gasteiger partial charge in [0.25, 0.3) is 0 Å². The van der Waals surface area contributed by atoms with Gasteiger partial charge in [0, 0.05) is 32.2 Å². The number of fused-ring (bicyclic) bond motifs is 1. The summed E-state index contributed by atoms with van der Waals surface area (Å²) in [6.45, 7) is 4.53. The Balaban J connectivity index is 1.66. The highest BCUT2D eigenvalue weighted by Gasteiger charge is 2.36. The summed E-state index contributed by atoms with van der Waals surface area (Å²) in [4.78, 5) is 2.46. The molecular formula is C17H20FN3O. The van der Waals surface area contributed by atoms with Gasteiger partial charge in [0.05, 0.1) is 18.3 Å². The third-order valence-corrected chi connectivity index (χ3v) is 5.03. The SMILES string of the molecule is N#Cc1c(F)ccc([C@H]2CN3CCNC[C@H]3CO2)c1C1CC1. The zero-order chi connectivity index (χ0) is 15.1. The second kappa shape index (κ2) is 5.62. The molecule has 3 fully saturated rings. The number of morpholine rings is 1. The van der Waals surface area contributed by atoms with E-state index in [9.17, 15) is 9.65 Å². The minimum absolute atomic E-state index is 0.0438. The van der Waals surface area contributed by atoms with E-state index in [4.69, 9.17) is 4.74 Å². The van der Waals surface area contributed by atoms with Gasteiger partial charge >= 0.3 is 0 Å². The molecule has 0 unspecified atom stereocenters. The molecule has 0 aromatic heterocycles. The Kier molecular flexibility index (Phi) is 3.61. The van der Waals surface area contributed by atoms with Gasteiger partial charge in [-0.1, -0.05) is 6.07 Å². The van der Waals surface area contributed by atoms with Gasteiger partial charge in [0.1, 0.15) is 11.9 Å². The number of nitrogens with one attached hydrogen (secondary N) is 1. The number of nitrogens with zero attached hydrogens (tertiary/aromatic N) is 2. The van der Waals surface area contributed by atoms with Gasteiger partial charge in [-0.05, 0) is 36.0 Å². The van der Waals surface area contributed by atoms with Crippen molar-refractivity contribution in [3.05, 3.63) is 34.6 Å². The Morgan fingerprint density at radius 2 is 2.23 bits per heavy atom. The number of piperazine rings is 1. The van der Waals surface area contributed by atoms with Crippen molar-refractivity contribution in [1.29, 1.82) is 5.26 Å². The largest absolute Gasteiger partial charge is 0.370 e. The number of rotatable bonds is 2. The maximum atomic E-state index is 14.0. The number of nitriles is 1. The first kappa shape index (κ1) is 14.1. The fraction of sp³-hybridized carbons (Fsp3) is 0.588. The van der Waals surface area contributed by atoms with Gasteiger partial charge < -0.3 is 10.1 Å². The molecule has 1 aliphatic carbocycles. The molecule has 2 heterocycles. The summed E-state index contributed by atoms with van der Waals surface area (Å²) in [6, 6.07) is 5.76. The molecule has 1 aromatic carbocycles. The Hall–Kier alpha value is -1.48. The van der Waals surface area contributed by atoms with Crippen LogP contribution in [0.1, 0.15) is 41.6 Å². The van der Waals surface area contributed by atoms with Gasteiger partial charge in [-0.15, -0.1) is 0 Å². The van der Waals surface area contributed by atoms with Crippen LogP contribution in [-0.4, -0.2) is 43.7 Å². The summed E-state index contributed by atoms with van der Waals surface area (Å²) in [7, 11) is 0. The maximum Gasteiger partial charge on any atom is 0.141 e. The fourth-order valence-corrected chi connectivity index (χ4v) is 3.70. The van der Waals surface area contributed by atoms with E-state index in [0.29, 0.717) is 18.6 Å². The lowest BCUT2D eigenvalue weighted by Gasteiger charge is -2.43. The molecule has 1 N–H and O–H groups in total. The van der Waals surface area contributed by atoms with Crippen LogP contribution in [0.5, 0.6) is 0 Å². The number of benzene rings is 1. The first-order valence-electron chi connectivity index (χ1n) is 8.06. The van der Waals surface area contributed by atoms with Crippen LogP contribution in [0.15, 0.2) is 12.1 Å². The smallest absolute Gasteiger partial charge is 0.141 e. The summed E-state index contributed by atoms with van der Waals surface area (Å²) in [6.07, 6.45) is 2.06. The van der Waals surface area contributed by atoms with Crippen molar-refractivity contribution in [3.63, 3.8) is 0 Å². The number of hydrogen-bond donors (Lipinski definition) is 1. The van der Waals surface area contributed by atoms with E-state index in [1.807, 2.05) is 6.07 Å². The van der Waals surface area contributed by atoms with E-state index in [0.717, 1.165) is 50.1 Å². The summed E-state index contributed by atoms with van der Waals surface area (Å²) < 4.78 is 20.1. The second-order valence-electron chi connectivity index (χ2n) is 6.49. The first-order valence-corrected chi connectivity index (χ1v) is 8.06. The van der Waals surface area contributed by atoms with Crippen LogP contribution < -0.4 is 5.32 Å². The molecule has 0 amide bonds. The maximum absolute atomic E-state index is 14.0. The Morgan fingerprint density at radius 1 is 1.36 bits per heavy atom. The zero-order valence-electron chi connectivity index (χ0n) is 12.5. The topological polar surface area (TPSA) is 48.3 Å². The van der Waals surface area contributed by atoms with E-state index < -0.39 is 5.82 Å². The molecule has 0 radical (unpaired) electrons. The van der Waals surface area contributed by atoms with Gasteiger partial charge in [0.2, 0.25) is 0 Å². The van der Waals surface area contributed by atoms with Crippen molar-refractivity contribution in [1.82, 2.24) is 10.2 Å². The Morgan fingerprint density at radius 3 is 3.00 bits per heavy atom. The predicted octanol–water partition coefficient (Wildman–Crippen LogP) is 1.92. The highest BCUT2D eigenvalue weighted by atomic mass is 19.1. The van der Waals surface area contributed by atoms with Gasteiger partial charge in [-0.3, -0.25) is 4.90 Å². The molecular weight excluding hydrogens is 281 g/mol. The van der Waals surface area contributed by atoms with Gasteiger partial charge in [-0.25, -0.2) is 4.39 Å². The number of hydrogen-bond acceptors (Lipinski definition) is 4.